The van der Waals surface area contributed by atoms with Crippen molar-refractivity contribution in [2.75, 3.05) is 17.7 Å². The Hall–Kier alpha value is -2.61. The van der Waals surface area contributed by atoms with Crippen molar-refractivity contribution in [2.45, 2.75) is 11.9 Å². The van der Waals surface area contributed by atoms with Crippen LogP contribution in [0.3, 0.4) is 0 Å². The number of nitrogens with one attached hydrogen (secondary N) is 1. The van der Waals surface area contributed by atoms with E-state index in [0.29, 0.717) is 6.61 Å². The second-order valence-electron chi connectivity index (χ2n) is 4.98. The topological polar surface area (TPSA) is 81.9 Å². The minimum Gasteiger partial charge on any atom is -0.494 e. The first kappa shape index (κ1) is 16.3. The summed E-state index contributed by atoms with van der Waals surface area (Å²) in [6.45, 7) is 2.55. The van der Waals surface area contributed by atoms with Crippen LogP contribution in [0.5, 0.6) is 5.75 Å². The molecule has 0 saturated carbocycles. The van der Waals surface area contributed by atoms with Crippen LogP contribution in [-0.4, -0.2) is 38.0 Å². The van der Waals surface area contributed by atoms with Crippen LogP contribution in [0.2, 0.25) is 0 Å². The molecule has 0 radical (unpaired) electrons. The molecule has 0 saturated heterocycles. The van der Waals surface area contributed by atoms with Gasteiger partial charge < -0.3 is 10.1 Å². The highest BCUT2D eigenvalue weighted by molar-refractivity contribution is 8.00. The Labute approximate surface area is 143 Å². The van der Waals surface area contributed by atoms with Crippen LogP contribution in [0.15, 0.2) is 41.8 Å². The van der Waals surface area contributed by atoms with Crippen LogP contribution in [0.25, 0.3) is 11.0 Å². The first-order valence-electron chi connectivity index (χ1n) is 7.45. The molecule has 7 nitrogen and oxygen atoms in total. The van der Waals surface area contributed by atoms with Gasteiger partial charge in [-0.1, -0.05) is 11.8 Å². The zero-order valence-corrected chi connectivity index (χ0v) is 14.2. The average molecular weight is 343 g/mol. The molecule has 0 bridgehead atoms. The van der Waals surface area contributed by atoms with Crippen LogP contribution in [-0.2, 0) is 11.8 Å². The summed E-state index contributed by atoms with van der Waals surface area (Å²) < 4.78 is 7.06. The lowest BCUT2D eigenvalue weighted by Crippen LogP contribution is -2.14. The molecule has 1 N–H and O–H groups in total. The van der Waals surface area contributed by atoms with Crippen molar-refractivity contribution in [1.29, 1.82) is 0 Å². The molecule has 0 aliphatic rings. The van der Waals surface area contributed by atoms with E-state index < -0.39 is 0 Å². The van der Waals surface area contributed by atoms with Crippen molar-refractivity contribution in [2.24, 2.45) is 7.05 Å². The molecule has 8 heteroatoms. The molecule has 24 heavy (non-hydrogen) atoms. The summed E-state index contributed by atoms with van der Waals surface area (Å²) in [7, 11) is 1.82. The van der Waals surface area contributed by atoms with Gasteiger partial charge in [-0.15, -0.1) is 0 Å². The third kappa shape index (κ3) is 3.65. The van der Waals surface area contributed by atoms with E-state index in [-0.39, 0.29) is 11.7 Å². The number of carbonyl (C=O) groups excluding carboxylic acids is 1. The highest BCUT2D eigenvalue weighted by Gasteiger charge is 2.10. The van der Waals surface area contributed by atoms with Crippen molar-refractivity contribution in [1.82, 2.24) is 19.7 Å². The van der Waals surface area contributed by atoms with Crippen molar-refractivity contribution >= 4 is 34.4 Å². The van der Waals surface area contributed by atoms with Gasteiger partial charge >= 0.3 is 0 Å². The molecule has 0 aliphatic carbocycles. The number of thioether (sulfide) groups is 1. The molecular formula is C16H17N5O2S. The minimum atomic E-state index is -0.0974. The number of anilines is 1. The summed E-state index contributed by atoms with van der Waals surface area (Å²) in [6.07, 6.45) is 3.19. The Morgan fingerprint density at radius 3 is 2.83 bits per heavy atom. The highest BCUT2D eigenvalue weighted by Crippen LogP contribution is 2.24. The van der Waals surface area contributed by atoms with Crippen molar-refractivity contribution < 1.29 is 9.53 Å². The Morgan fingerprint density at radius 2 is 2.08 bits per heavy atom. The van der Waals surface area contributed by atoms with E-state index in [1.807, 2.05) is 38.2 Å². The molecule has 0 atom stereocenters. The smallest absolute Gasteiger partial charge is 0.234 e. The first-order valence-corrected chi connectivity index (χ1v) is 8.44. The predicted molar refractivity (Wildman–Crippen MR) is 93.3 cm³/mol. The molecule has 124 valence electrons. The summed E-state index contributed by atoms with van der Waals surface area (Å²) in [5, 5.41) is 8.61. The number of fused-ring (bicyclic) bond motifs is 1. The number of hydrogen-bond acceptors (Lipinski definition) is 6. The van der Waals surface area contributed by atoms with Crippen molar-refractivity contribution in [3.05, 3.63) is 36.8 Å². The largest absolute Gasteiger partial charge is 0.494 e. The van der Waals surface area contributed by atoms with E-state index in [2.05, 4.69) is 20.4 Å². The van der Waals surface area contributed by atoms with Crippen LogP contribution < -0.4 is 10.1 Å². The van der Waals surface area contributed by atoms with Crippen molar-refractivity contribution in [3.8, 4) is 5.75 Å². The standard InChI is InChI=1S/C16H17N5O2S/c1-3-23-12-6-4-11(5-7-12)20-14(22)9-24-16-13-8-19-21(2)15(13)17-10-18-16/h4-8,10H,3,9H2,1-2H3,(H,20,22). The molecule has 3 aromatic rings. The van der Waals surface area contributed by atoms with E-state index in [0.717, 1.165) is 27.5 Å². The van der Waals surface area contributed by atoms with Gasteiger partial charge in [0.25, 0.3) is 0 Å². The van der Waals surface area contributed by atoms with Gasteiger partial charge in [-0.2, -0.15) is 5.10 Å². The SMILES string of the molecule is CCOc1ccc(NC(=O)CSc2ncnc3c2cnn3C)cc1. The molecule has 1 aromatic carbocycles. The van der Waals surface area contributed by atoms with E-state index in [9.17, 15) is 4.79 Å². The Morgan fingerprint density at radius 1 is 1.29 bits per heavy atom. The molecular weight excluding hydrogens is 326 g/mol. The number of ether oxygens (including phenoxy) is 1. The lowest BCUT2D eigenvalue weighted by Gasteiger charge is -2.07. The maximum Gasteiger partial charge on any atom is 0.234 e. The third-order valence-electron chi connectivity index (χ3n) is 3.28. The molecule has 0 fully saturated rings. The van der Waals surface area contributed by atoms with E-state index >= 15 is 0 Å². The first-order chi connectivity index (χ1) is 11.7. The fourth-order valence-corrected chi connectivity index (χ4v) is 2.95. The number of benzene rings is 1. The summed E-state index contributed by atoms with van der Waals surface area (Å²) in [6, 6.07) is 7.29. The van der Waals surface area contributed by atoms with Crippen LogP contribution in [0.1, 0.15) is 6.92 Å². The molecule has 0 aliphatic heterocycles. The van der Waals surface area contributed by atoms with Gasteiger partial charge in [-0.3, -0.25) is 9.48 Å². The fourth-order valence-electron chi connectivity index (χ4n) is 2.19. The lowest BCUT2D eigenvalue weighted by molar-refractivity contribution is -0.113. The number of amides is 1. The normalized spacial score (nSPS) is 10.8. The number of rotatable bonds is 6. The third-order valence-corrected chi connectivity index (χ3v) is 4.29. The molecule has 3 rings (SSSR count). The van der Waals surface area contributed by atoms with Gasteiger partial charge in [0.15, 0.2) is 5.65 Å². The van der Waals surface area contributed by atoms with Gasteiger partial charge in [0.2, 0.25) is 5.91 Å². The average Bonchev–Trinajstić information content (AvgIpc) is 2.97. The molecule has 2 aromatic heterocycles. The Bertz CT molecular complexity index is 847. The van der Waals surface area contributed by atoms with Gasteiger partial charge in [0.05, 0.1) is 23.9 Å². The van der Waals surface area contributed by atoms with Gasteiger partial charge in [-0.25, -0.2) is 9.97 Å². The van der Waals surface area contributed by atoms with Gasteiger partial charge in [-0.05, 0) is 31.2 Å². The minimum absolute atomic E-state index is 0.0974. The summed E-state index contributed by atoms with van der Waals surface area (Å²) in [4.78, 5) is 20.5. The number of hydrogen-bond donors (Lipinski definition) is 1. The number of aromatic nitrogens is 4. The second-order valence-corrected chi connectivity index (χ2v) is 5.94. The Kier molecular flexibility index (Phi) is 4.95. The highest BCUT2D eigenvalue weighted by atomic mass is 32.2. The van der Waals surface area contributed by atoms with E-state index in [4.69, 9.17) is 4.74 Å². The maximum absolute atomic E-state index is 12.1. The van der Waals surface area contributed by atoms with E-state index in [1.165, 1.54) is 18.1 Å². The Balaban J connectivity index is 1.60. The monoisotopic (exact) mass is 343 g/mol. The molecule has 0 unspecified atom stereocenters. The zero-order chi connectivity index (χ0) is 16.9. The number of nitrogens with zero attached hydrogens (tertiary/aromatic N) is 4. The summed E-state index contributed by atoms with van der Waals surface area (Å²) >= 11 is 1.36. The molecule has 0 spiro atoms. The van der Waals surface area contributed by atoms with Crippen LogP contribution in [0.4, 0.5) is 5.69 Å². The molecule has 1 amide bonds. The predicted octanol–water partition coefficient (Wildman–Crippen LogP) is 2.49. The number of carbonyl (C=O) groups is 1. The summed E-state index contributed by atoms with van der Waals surface area (Å²) in [5.41, 5.74) is 1.48. The van der Waals surface area contributed by atoms with Gasteiger partial charge in [0, 0.05) is 12.7 Å². The summed E-state index contributed by atoms with van der Waals surface area (Å²) in [5.74, 6) is 0.943. The van der Waals surface area contributed by atoms with Crippen LogP contribution in [0, 0.1) is 0 Å². The van der Waals surface area contributed by atoms with Crippen molar-refractivity contribution in [3.63, 3.8) is 0 Å². The second kappa shape index (κ2) is 7.31. The van der Waals surface area contributed by atoms with E-state index in [1.54, 1.807) is 10.9 Å². The fraction of sp³-hybridized carbons (Fsp3) is 0.250. The molecule has 2 heterocycles. The van der Waals surface area contributed by atoms with Crippen LogP contribution >= 0.6 is 11.8 Å². The van der Waals surface area contributed by atoms with Gasteiger partial charge in [0.1, 0.15) is 17.1 Å². The maximum atomic E-state index is 12.1. The zero-order valence-electron chi connectivity index (χ0n) is 13.4. The lowest BCUT2D eigenvalue weighted by atomic mass is 10.3. The number of aryl methyl sites for hydroxylation is 1. The quantitative estimate of drug-likeness (QED) is 0.547.